The Hall–Kier alpha value is -7.58. The van der Waals surface area contributed by atoms with Gasteiger partial charge in [-0.05, 0) is 115 Å². The van der Waals surface area contributed by atoms with E-state index in [1.807, 2.05) is 68.2 Å². The molecule has 7 heteroatoms. The molecule has 0 saturated carbocycles. The van der Waals surface area contributed by atoms with Gasteiger partial charge in [0.05, 0.1) is 17.9 Å². The maximum Gasteiger partial charge on any atom is 0.150 e. The van der Waals surface area contributed by atoms with Crippen LogP contribution in [0.4, 0.5) is 17.1 Å². The molecule has 0 fully saturated rings. The summed E-state index contributed by atoms with van der Waals surface area (Å²) in [6.07, 6.45) is 17.2. The molecule has 0 radical (unpaired) electrons. The van der Waals surface area contributed by atoms with Crippen LogP contribution in [0.25, 0.3) is 65.5 Å². The Morgan fingerprint density at radius 3 is 2.28 bits per heavy atom. The largest absolute Gasteiger partial charge is 0.456 e. The van der Waals surface area contributed by atoms with E-state index in [1.54, 1.807) is 0 Å². The molecule has 0 spiro atoms. The quantitative estimate of drug-likeness (QED) is 0.113. The van der Waals surface area contributed by atoms with E-state index >= 15 is 0 Å². The summed E-state index contributed by atoms with van der Waals surface area (Å²) < 4.78 is 9.10. The minimum atomic E-state index is -0.000682. The standard InChI is InChI=1S/C59H44N4OS2.C2H6/c1-3-4-24-52-49(37-57(62-59(60-2)41-18-9-6-10-19-41)61-38-44-20-15-22-47-46-21-11-13-25-54(46)66-58(44)47)48-35-42(30-34-53(48)64-52)40-27-31-45(32-28-40)63-50-23-12-14-26-55(50)65-56-36-43(29-33-51(56)63)39-16-7-5-8-17-39;1-2/h3-18,20-37,41H,2,19,38H2,1H3;1-2H3/b4-3-,49-37?,52-24+,61-57?,62-59?;. The Labute approximate surface area is 406 Å². The smallest absolute Gasteiger partial charge is 0.150 e. The average Bonchev–Trinajstić information content (AvgIpc) is 3.96. The SMILES string of the molecule is C=NC(=NC(C=c1/c(=C\C=C/C)oc2ccc(-c3ccc(N4c5ccccc5Sc5cc(-c6ccccc6)ccc54)cc3)cc12)=NCc1cccc2c1sc1ccccc12)C1C=CC=CC1.CC. The van der Waals surface area contributed by atoms with E-state index in [-0.39, 0.29) is 5.92 Å². The fraction of sp³-hybridized carbons (Fsp3) is 0.0984. The fourth-order valence-corrected chi connectivity index (χ4v) is 11.2. The topological polar surface area (TPSA) is 53.5 Å². The number of amidine groups is 2. The molecule has 0 amide bonds. The van der Waals surface area contributed by atoms with E-state index in [1.165, 1.54) is 52.5 Å². The second-order valence-electron chi connectivity index (χ2n) is 16.3. The predicted octanol–water partition coefficient (Wildman–Crippen LogP) is 16.1. The highest BCUT2D eigenvalue weighted by Crippen LogP contribution is 2.52. The molecule has 1 aliphatic heterocycles. The lowest BCUT2D eigenvalue weighted by molar-refractivity contribution is 0.576. The highest BCUT2D eigenvalue weighted by Gasteiger charge is 2.25. The molecule has 2 aromatic heterocycles. The molecule has 1 aliphatic carbocycles. The van der Waals surface area contributed by atoms with Gasteiger partial charge in [-0.15, -0.1) is 11.3 Å². The van der Waals surface area contributed by atoms with Crippen LogP contribution in [-0.4, -0.2) is 18.4 Å². The van der Waals surface area contributed by atoms with E-state index in [9.17, 15) is 0 Å². The van der Waals surface area contributed by atoms with Crippen LogP contribution < -0.4 is 15.5 Å². The Bertz CT molecular complexity index is 3610. The lowest BCUT2D eigenvalue weighted by Crippen LogP contribution is -2.22. The van der Waals surface area contributed by atoms with Crippen LogP contribution in [0.2, 0.25) is 0 Å². The zero-order valence-corrected chi connectivity index (χ0v) is 40.0. The fourth-order valence-electron chi connectivity index (χ4n) is 8.88. The third-order valence-corrected chi connectivity index (χ3v) is 14.5. The first-order chi connectivity index (χ1) is 33.6. The van der Waals surface area contributed by atoms with Crippen LogP contribution in [0.1, 0.15) is 32.8 Å². The van der Waals surface area contributed by atoms with Crippen molar-refractivity contribution in [1.29, 1.82) is 0 Å². The van der Waals surface area contributed by atoms with Gasteiger partial charge in [-0.3, -0.25) is 4.99 Å². The van der Waals surface area contributed by atoms with Crippen LogP contribution in [-0.2, 0) is 6.54 Å². The van der Waals surface area contributed by atoms with Crippen molar-refractivity contribution in [3.8, 4) is 22.3 Å². The molecular formula is C61H50N4OS2. The maximum absolute atomic E-state index is 6.59. The van der Waals surface area contributed by atoms with Gasteiger partial charge in [0.25, 0.3) is 0 Å². The average molecular weight is 919 g/mol. The highest BCUT2D eigenvalue weighted by atomic mass is 32.2. The second-order valence-corrected chi connectivity index (χ2v) is 18.4. The van der Waals surface area contributed by atoms with E-state index in [2.05, 4.69) is 199 Å². The van der Waals surface area contributed by atoms with E-state index in [0.717, 1.165) is 50.4 Å². The van der Waals surface area contributed by atoms with Crippen molar-refractivity contribution in [2.45, 2.75) is 43.5 Å². The van der Waals surface area contributed by atoms with Gasteiger partial charge in [-0.1, -0.05) is 165 Å². The number of benzene rings is 7. The summed E-state index contributed by atoms with van der Waals surface area (Å²) in [6, 6.07) is 56.4. The van der Waals surface area contributed by atoms with Crippen molar-refractivity contribution in [2.75, 3.05) is 4.90 Å². The van der Waals surface area contributed by atoms with E-state index in [0.29, 0.717) is 18.2 Å². The van der Waals surface area contributed by atoms with Crippen molar-refractivity contribution in [3.05, 3.63) is 210 Å². The first kappa shape index (κ1) is 44.3. The number of aliphatic imine (C=N–C) groups is 3. The Morgan fingerprint density at radius 2 is 1.46 bits per heavy atom. The number of rotatable bonds is 8. The number of thiophene rings is 1. The second kappa shape index (κ2) is 20.1. The molecule has 3 heterocycles. The Morgan fingerprint density at radius 1 is 0.721 bits per heavy atom. The minimum absolute atomic E-state index is 0.000682. The summed E-state index contributed by atoms with van der Waals surface area (Å²) >= 11 is 3.64. The van der Waals surface area contributed by atoms with Gasteiger partial charge >= 0.3 is 0 Å². The minimum Gasteiger partial charge on any atom is -0.456 e. The van der Waals surface area contributed by atoms with Crippen molar-refractivity contribution in [3.63, 3.8) is 0 Å². The summed E-state index contributed by atoms with van der Waals surface area (Å²) in [5.41, 5.74) is 10.7. The number of para-hydroxylation sites is 1. The molecule has 5 nitrogen and oxygen atoms in total. The molecule has 0 N–H and O–H groups in total. The van der Waals surface area contributed by atoms with Gasteiger partial charge < -0.3 is 9.32 Å². The van der Waals surface area contributed by atoms with Gasteiger partial charge in [-0.2, -0.15) is 0 Å². The number of hydrogen-bond acceptors (Lipinski definition) is 5. The molecule has 68 heavy (non-hydrogen) atoms. The van der Waals surface area contributed by atoms with Crippen molar-refractivity contribution in [1.82, 2.24) is 0 Å². The van der Waals surface area contributed by atoms with Crippen molar-refractivity contribution in [2.24, 2.45) is 20.9 Å². The number of hydrogen-bond donors (Lipinski definition) is 0. The first-order valence-corrected chi connectivity index (χ1v) is 24.8. The molecular weight excluding hydrogens is 869 g/mol. The summed E-state index contributed by atoms with van der Waals surface area (Å²) in [5.74, 6) is 1.19. The first-order valence-electron chi connectivity index (χ1n) is 23.2. The van der Waals surface area contributed by atoms with Gasteiger partial charge in [0.2, 0.25) is 0 Å². The van der Waals surface area contributed by atoms with Crippen LogP contribution in [0.3, 0.4) is 0 Å². The van der Waals surface area contributed by atoms with Gasteiger partial charge in [0, 0.05) is 52.2 Å². The number of furan rings is 1. The number of nitrogens with zero attached hydrogens (tertiary/aromatic N) is 4. The number of anilines is 3. The Kier molecular flexibility index (Phi) is 13.1. The zero-order valence-electron chi connectivity index (χ0n) is 38.3. The third kappa shape index (κ3) is 8.86. The van der Waals surface area contributed by atoms with Crippen LogP contribution >= 0.6 is 23.1 Å². The van der Waals surface area contributed by atoms with E-state index in [4.69, 9.17) is 14.4 Å². The number of fused-ring (bicyclic) bond motifs is 6. The maximum atomic E-state index is 6.59. The Balaban J connectivity index is 0.00000266. The molecule has 1 atom stereocenters. The van der Waals surface area contributed by atoms with Crippen molar-refractivity contribution >= 4 is 102 Å². The van der Waals surface area contributed by atoms with Crippen molar-refractivity contribution < 1.29 is 4.42 Å². The molecule has 11 rings (SSSR count). The molecule has 7 aromatic carbocycles. The molecule has 1 unspecified atom stereocenters. The van der Waals surface area contributed by atoms with Crippen LogP contribution in [0.15, 0.2) is 223 Å². The lowest BCUT2D eigenvalue weighted by atomic mass is 10.00. The van der Waals surface area contributed by atoms with Gasteiger partial charge in [-0.25, -0.2) is 9.98 Å². The normalized spacial score (nSPS) is 15.3. The highest BCUT2D eigenvalue weighted by molar-refractivity contribution is 7.99. The third-order valence-electron chi connectivity index (χ3n) is 12.2. The molecule has 9 aromatic rings. The molecule has 0 bridgehead atoms. The molecule has 0 saturated heterocycles. The van der Waals surface area contributed by atoms with Gasteiger partial charge in [0.1, 0.15) is 16.8 Å². The van der Waals surface area contributed by atoms with Crippen LogP contribution in [0, 0.1) is 5.92 Å². The van der Waals surface area contributed by atoms with Crippen LogP contribution in [0.5, 0.6) is 0 Å². The monoisotopic (exact) mass is 918 g/mol. The molecule has 2 aliphatic rings. The summed E-state index contributed by atoms with van der Waals surface area (Å²) in [4.78, 5) is 19.7. The van der Waals surface area contributed by atoms with E-state index < -0.39 is 0 Å². The summed E-state index contributed by atoms with van der Waals surface area (Å²) in [6.45, 7) is 10.4. The van der Waals surface area contributed by atoms with Gasteiger partial charge in [0.15, 0.2) is 5.84 Å². The summed E-state index contributed by atoms with van der Waals surface area (Å²) in [7, 11) is 0. The number of allylic oxidation sites excluding steroid dienone is 5. The zero-order chi connectivity index (χ0) is 46.4. The lowest BCUT2D eigenvalue weighted by Gasteiger charge is -2.33. The summed E-state index contributed by atoms with van der Waals surface area (Å²) in [5, 5.41) is 4.39. The molecule has 332 valence electrons. The predicted molar refractivity (Wildman–Crippen MR) is 294 cm³/mol.